The minimum Gasteiger partial charge on any atom is -0.381 e. The standard InChI is InChI=1S/C22H31FN8O4S/c1-2-4-22(23)13-26-20-18(19(24)28-31(20)14-22)21(32)27-16-10-25-5-3-17(16)29-6-8-30(9-7-29)36(33,34)15-11-35-12-15/h3,5,10,15,26H,2,4,6-9,11-14H2,1H3,(H2,24,28)(H,27,32). The fraction of sp³-hybridized carbons (Fsp3) is 0.591. The molecule has 0 saturated carbocycles. The van der Waals surface area contributed by atoms with Crippen LogP contribution < -0.4 is 21.3 Å². The molecule has 1 unspecified atom stereocenters. The first-order valence-corrected chi connectivity index (χ1v) is 13.6. The van der Waals surface area contributed by atoms with Gasteiger partial charge in [-0.05, 0) is 12.5 Å². The summed E-state index contributed by atoms with van der Waals surface area (Å²) >= 11 is 0. The normalized spacial score (nSPS) is 23.0. The third-order valence-corrected chi connectivity index (χ3v) is 9.12. The van der Waals surface area contributed by atoms with Gasteiger partial charge in [0.2, 0.25) is 10.0 Å². The molecule has 0 aromatic carbocycles. The summed E-state index contributed by atoms with van der Waals surface area (Å²) in [4.78, 5) is 19.4. The first-order valence-electron chi connectivity index (χ1n) is 12.1. The fourth-order valence-electron chi connectivity index (χ4n) is 4.90. The third kappa shape index (κ3) is 4.48. The number of carbonyl (C=O) groups excluding carboxylic acids is 1. The average molecular weight is 523 g/mol. The second-order valence-electron chi connectivity index (χ2n) is 9.46. The van der Waals surface area contributed by atoms with Crippen LogP contribution >= 0.6 is 0 Å². The Labute approximate surface area is 209 Å². The molecule has 5 heterocycles. The maximum Gasteiger partial charge on any atom is 0.263 e. The molecule has 0 aliphatic carbocycles. The van der Waals surface area contributed by atoms with Crippen LogP contribution in [-0.4, -0.2) is 90.3 Å². The van der Waals surface area contributed by atoms with Crippen LogP contribution in [0.15, 0.2) is 18.5 Å². The molecule has 3 aliphatic heterocycles. The smallest absolute Gasteiger partial charge is 0.263 e. The Morgan fingerprint density at radius 2 is 2.08 bits per heavy atom. The number of alkyl halides is 1. The van der Waals surface area contributed by atoms with Crippen molar-refractivity contribution in [1.82, 2.24) is 19.1 Å². The SMILES string of the molecule is CCCC1(F)CNc2c(C(=O)Nc3cnccc3N3CCN(S(=O)(=O)C4COC4)CC3)c(N)nn2C1. The predicted octanol–water partition coefficient (Wildman–Crippen LogP) is 0.897. The molecule has 2 saturated heterocycles. The van der Waals surface area contributed by atoms with Gasteiger partial charge in [-0.15, -0.1) is 0 Å². The molecule has 36 heavy (non-hydrogen) atoms. The van der Waals surface area contributed by atoms with Crippen LogP contribution in [0.5, 0.6) is 0 Å². The van der Waals surface area contributed by atoms with Gasteiger partial charge in [0.1, 0.15) is 22.3 Å². The van der Waals surface area contributed by atoms with Gasteiger partial charge in [0, 0.05) is 32.4 Å². The molecular formula is C22H31FN8O4S. The number of pyridine rings is 1. The summed E-state index contributed by atoms with van der Waals surface area (Å²) < 4.78 is 48.4. The zero-order valence-corrected chi connectivity index (χ0v) is 20.9. The van der Waals surface area contributed by atoms with E-state index < -0.39 is 26.8 Å². The largest absolute Gasteiger partial charge is 0.381 e. The van der Waals surface area contributed by atoms with E-state index in [-0.39, 0.29) is 37.7 Å². The summed E-state index contributed by atoms with van der Waals surface area (Å²) in [6, 6.07) is 1.77. The molecule has 3 aliphatic rings. The molecule has 14 heteroatoms. The maximum atomic E-state index is 15.0. The van der Waals surface area contributed by atoms with E-state index in [0.717, 1.165) is 5.69 Å². The molecule has 0 spiro atoms. The predicted molar refractivity (Wildman–Crippen MR) is 133 cm³/mol. The van der Waals surface area contributed by atoms with Crippen LogP contribution in [0, 0.1) is 0 Å². The van der Waals surface area contributed by atoms with Crippen molar-refractivity contribution >= 4 is 38.9 Å². The van der Waals surface area contributed by atoms with Crippen LogP contribution in [0.1, 0.15) is 30.1 Å². The van der Waals surface area contributed by atoms with Gasteiger partial charge < -0.3 is 26.0 Å². The number of amides is 1. The highest BCUT2D eigenvalue weighted by Crippen LogP contribution is 2.34. The van der Waals surface area contributed by atoms with Gasteiger partial charge >= 0.3 is 0 Å². The van der Waals surface area contributed by atoms with Gasteiger partial charge in [-0.3, -0.25) is 9.78 Å². The highest BCUT2D eigenvalue weighted by atomic mass is 32.2. The first kappa shape index (κ1) is 24.7. The second kappa shape index (κ2) is 9.48. The molecule has 4 N–H and O–H groups in total. The van der Waals surface area contributed by atoms with E-state index in [1.165, 1.54) is 15.2 Å². The quantitative estimate of drug-likeness (QED) is 0.482. The molecule has 2 aromatic rings. The number of nitrogen functional groups attached to an aromatic ring is 1. The highest BCUT2D eigenvalue weighted by Gasteiger charge is 2.39. The number of rotatable bonds is 7. The van der Waals surface area contributed by atoms with Gasteiger partial charge in [-0.1, -0.05) is 13.3 Å². The van der Waals surface area contributed by atoms with E-state index >= 15 is 4.39 Å². The lowest BCUT2D eigenvalue weighted by Gasteiger charge is -2.39. The summed E-state index contributed by atoms with van der Waals surface area (Å²) in [7, 11) is -3.37. The summed E-state index contributed by atoms with van der Waals surface area (Å²) in [6.45, 7) is 4.10. The van der Waals surface area contributed by atoms with Gasteiger partial charge in [0.05, 0.1) is 43.9 Å². The topological polar surface area (TPSA) is 148 Å². The molecule has 2 aromatic heterocycles. The fourth-order valence-corrected chi connectivity index (χ4v) is 6.53. The van der Waals surface area contributed by atoms with Crippen LogP contribution in [0.25, 0.3) is 0 Å². The zero-order valence-electron chi connectivity index (χ0n) is 20.1. The Balaban J connectivity index is 1.30. The number of carbonyl (C=O) groups is 1. The Bertz CT molecular complexity index is 1240. The van der Waals surface area contributed by atoms with Crippen LogP contribution in [0.4, 0.5) is 27.4 Å². The maximum absolute atomic E-state index is 15.0. The number of hydrogen-bond acceptors (Lipinski definition) is 9. The van der Waals surface area contributed by atoms with E-state index in [9.17, 15) is 13.2 Å². The number of anilines is 4. The second-order valence-corrected chi connectivity index (χ2v) is 11.7. The Morgan fingerprint density at radius 1 is 1.33 bits per heavy atom. The van der Waals surface area contributed by atoms with Crippen molar-refractivity contribution in [2.45, 2.75) is 37.2 Å². The van der Waals surface area contributed by atoms with Gasteiger partial charge in [0.25, 0.3) is 5.91 Å². The van der Waals surface area contributed by atoms with Crippen LogP contribution in [0.2, 0.25) is 0 Å². The van der Waals surface area contributed by atoms with E-state index in [4.69, 9.17) is 10.5 Å². The highest BCUT2D eigenvalue weighted by molar-refractivity contribution is 7.89. The number of nitrogens with one attached hydrogen (secondary N) is 2. The first-order chi connectivity index (χ1) is 17.2. The number of ether oxygens (including phenoxy) is 1. The van der Waals surface area contributed by atoms with Gasteiger partial charge in [-0.2, -0.15) is 9.40 Å². The third-order valence-electron chi connectivity index (χ3n) is 6.92. The number of nitrogens with two attached hydrogens (primary N) is 1. The van der Waals surface area contributed by atoms with Gasteiger partial charge in [-0.25, -0.2) is 17.5 Å². The van der Waals surface area contributed by atoms with Crippen molar-refractivity contribution in [3.63, 3.8) is 0 Å². The molecule has 0 radical (unpaired) electrons. The lowest BCUT2D eigenvalue weighted by molar-refractivity contribution is 0.0391. The van der Waals surface area contributed by atoms with Crippen molar-refractivity contribution in [3.8, 4) is 0 Å². The molecule has 1 atom stereocenters. The van der Waals surface area contributed by atoms with Crippen molar-refractivity contribution in [2.24, 2.45) is 0 Å². The molecular weight excluding hydrogens is 491 g/mol. The monoisotopic (exact) mass is 522 g/mol. The number of fused-ring (bicyclic) bond motifs is 1. The molecule has 5 rings (SSSR count). The van der Waals surface area contributed by atoms with E-state index in [2.05, 4.69) is 20.7 Å². The Morgan fingerprint density at radius 3 is 2.75 bits per heavy atom. The summed E-state index contributed by atoms with van der Waals surface area (Å²) in [5, 5.41) is 9.59. The van der Waals surface area contributed by atoms with Gasteiger partial charge in [0.15, 0.2) is 5.82 Å². The van der Waals surface area contributed by atoms with E-state index in [1.807, 2.05) is 11.8 Å². The van der Waals surface area contributed by atoms with Crippen molar-refractivity contribution in [3.05, 3.63) is 24.0 Å². The molecule has 0 bridgehead atoms. The summed E-state index contributed by atoms with van der Waals surface area (Å²) in [5.41, 5.74) is 5.95. The number of piperazine rings is 1. The Hall–Kier alpha value is -2.97. The minimum absolute atomic E-state index is 0.0139. The molecule has 2 fully saturated rings. The average Bonchev–Trinajstić information content (AvgIpc) is 3.12. The minimum atomic E-state index is -3.37. The molecule has 12 nitrogen and oxygen atoms in total. The number of sulfonamides is 1. The van der Waals surface area contributed by atoms with Crippen LogP contribution in [-0.2, 0) is 21.3 Å². The van der Waals surface area contributed by atoms with E-state index in [0.29, 0.717) is 50.5 Å². The number of nitrogens with zero attached hydrogens (tertiary/aromatic N) is 5. The summed E-state index contributed by atoms with van der Waals surface area (Å²) in [5.74, 6) is -0.0813. The molecule has 1 amide bonds. The van der Waals surface area contributed by atoms with Crippen molar-refractivity contribution in [1.29, 1.82) is 0 Å². The zero-order chi connectivity index (χ0) is 25.5. The van der Waals surface area contributed by atoms with E-state index in [1.54, 1.807) is 12.3 Å². The summed E-state index contributed by atoms with van der Waals surface area (Å²) in [6.07, 6.45) is 4.22. The number of aromatic nitrogens is 3. The number of hydrogen-bond donors (Lipinski definition) is 3. The Kier molecular flexibility index (Phi) is 6.51. The van der Waals surface area contributed by atoms with Crippen LogP contribution in [0.3, 0.4) is 0 Å². The van der Waals surface area contributed by atoms with Crippen molar-refractivity contribution < 1.29 is 22.3 Å². The number of halogens is 1. The molecule has 196 valence electrons. The lowest BCUT2D eigenvalue weighted by atomic mass is 9.98. The van der Waals surface area contributed by atoms with Crippen molar-refractivity contribution in [2.75, 3.05) is 67.2 Å². The lowest BCUT2D eigenvalue weighted by Crippen LogP contribution is -2.55.